The molecule has 1 amide bonds. The second kappa shape index (κ2) is 8.78. The number of thioether (sulfide) groups is 1. The molecule has 1 heterocycles. The highest BCUT2D eigenvalue weighted by Crippen LogP contribution is 2.26. The van der Waals surface area contributed by atoms with E-state index < -0.39 is 0 Å². The van der Waals surface area contributed by atoms with Gasteiger partial charge in [0.1, 0.15) is 0 Å². The van der Waals surface area contributed by atoms with Crippen molar-refractivity contribution in [2.24, 2.45) is 7.05 Å². The third-order valence-corrected chi connectivity index (χ3v) is 5.59. The SMILES string of the molecule is CC(NC(=O)CSc1nnc(-c2ccccc2)n1C)c1ccc(Cl)cc1Cl. The van der Waals surface area contributed by atoms with Gasteiger partial charge in [0.25, 0.3) is 0 Å². The number of amides is 1. The van der Waals surface area contributed by atoms with E-state index in [4.69, 9.17) is 23.2 Å². The normalized spacial score (nSPS) is 12.0. The number of carbonyl (C=O) groups is 1. The second-order valence-corrected chi connectivity index (χ2v) is 7.76. The van der Waals surface area contributed by atoms with Crippen molar-refractivity contribution >= 4 is 40.9 Å². The van der Waals surface area contributed by atoms with Gasteiger partial charge in [-0.15, -0.1) is 10.2 Å². The fourth-order valence-corrected chi connectivity index (χ4v) is 3.92. The van der Waals surface area contributed by atoms with Gasteiger partial charge >= 0.3 is 0 Å². The highest BCUT2D eigenvalue weighted by Gasteiger charge is 2.16. The number of carbonyl (C=O) groups excluding carboxylic acids is 1. The molecule has 0 spiro atoms. The summed E-state index contributed by atoms with van der Waals surface area (Å²) in [7, 11) is 1.89. The van der Waals surface area contributed by atoms with Gasteiger partial charge < -0.3 is 9.88 Å². The lowest BCUT2D eigenvalue weighted by atomic mass is 10.1. The van der Waals surface area contributed by atoms with E-state index in [0.717, 1.165) is 17.0 Å². The Balaban J connectivity index is 1.60. The molecule has 0 saturated heterocycles. The first-order chi connectivity index (χ1) is 13.0. The Morgan fingerprint density at radius 1 is 1.19 bits per heavy atom. The molecule has 0 bridgehead atoms. The van der Waals surface area contributed by atoms with Gasteiger partial charge in [-0.2, -0.15) is 0 Å². The average molecular weight is 421 g/mol. The molecule has 140 valence electrons. The maximum absolute atomic E-state index is 12.3. The van der Waals surface area contributed by atoms with E-state index in [9.17, 15) is 4.79 Å². The van der Waals surface area contributed by atoms with Crippen molar-refractivity contribution < 1.29 is 4.79 Å². The molecule has 1 unspecified atom stereocenters. The Morgan fingerprint density at radius 2 is 1.93 bits per heavy atom. The van der Waals surface area contributed by atoms with Gasteiger partial charge in [0.2, 0.25) is 5.91 Å². The fourth-order valence-electron chi connectivity index (χ4n) is 2.62. The lowest BCUT2D eigenvalue weighted by Gasteiger charge is -2.15. The molecule has 27 heavy (non-hydrogen) atoms. The molecule has 0 aliphatic rings. The van der Waals surface area contributed by atoms with Crippen molar-refractivity contribution in [3.8, 4) is 11.4 Å². The standard InChI is InChI=1S/C19H18Cl2N4OS/c1-12(15-9-8-14(20)10-16(15)21)22-17(26)11-27-19-24-23-18(25(19)2)13-6-4-3-5-7-13/h3-10,12H,11H2,1-2H3,(H,22,26). The largest absolute Gasteiger partial charge is 0.349 e. The van der Waals surface area contributed by atoms with Gasteiger partial charge in [-0.05, 0) is 24.6 Å². The van der Waals surface area contributed by atoms with Crippen LogP contribution < -0.4 is 5.32 Å². The smallest absolute Gasteiger partial charge is 0.230 e. The topological polar surface area (TPSA) is 59.8 Å². The van der Waals surface area contributed by atoms with Crippen molar-refractivity contribution in [1.29, 1.82) is 0 Å². The number of halogens is 2. The molecule has 0 fully saturated rings. The third-order valence-electron chi connectivity index (χ3n) is 4.01. The molecule has 3 rings (SSSR count). The Morgan fingerprint density at radius 3 is 2.63 bits per heavy atom. The first kappa shape index (κ1) is 19.7. The number of hydrogen-bond acceptors (Lipinski definition) is 4. The Kier molecular flexibility index (Phi) is 6.42. The number of hydrogen-bond donors (Lipinski definition) is 1. The van der Waals surface area contributed by atoms with E-state index >= 15 is 0 Å². The summed E-state index contributed by atoms with van der Waals surface area (Å²) in [5, 5.41) is 13.1. The second-order valence-electron chi connectivity index (χ2n) is 5.97. The highest BCUT2D eigenvalue weighted by molar-refractivity contribution is 7.99. The lowest BCUT2D eigenvalue weighted by Crippen LogP contribution is -2.28. The van der Waals surface area contributed by atoms with Gasteiger partial charge in [0.05, 0.1) is 11.8 Å². The van der Waals surface area contributed by atoms with Crippen molar-refractivity contribution in [2.45, 2.75) is 18.1 Å². The van der Waals surface area contributed by atoms with E-state index in [0.29, 0.717) is 15.2 Å². The maximum Gasteiger partial charge on any atom is 0.230 e. The minimum atomic E-state index is -0.220. The maximum atomic E-state index is 12.3. The molecule has 8 heteroatoms. The van der Waals surface area contributed by atoms with Gasteiger partial charge in [-0.3, -0.25) is 4.79 Å². The molecule has 0 saturated carbocycles. The van der Waals surface area contributed by atoms with Crippen LogP contribution >= 0.6 is 35.0 Å². The summed E-state index contributed by atoms with van der Waals surface area (Å²) in [6, 6.07) is 14.8. The zero-order valence-electron chi connectivity index (χ0n) is 14.8. The van der Waals surface area contributed by atoms with Gasteiger partial charge in [0, 0.05) is 22.7 Å². The van der Waals surface area contributed by atoms with Crippen molar-refractivity contribution in [1.82, 2.24) is 20.1 Å². The summed E-state index contributed by atoms with van der Waals surface area (Å²) in [6.45, 7) is 1.88. The molecule has 0 aliphatic carbocycles. The number of aromatic nitrogens is 3. The van der Waals surface area contributed by atoms with E-state index in [1.165, 1.54) is 11.8 Å². The number of rotatable bonds is 6. The molecular formula is C19H18Cl2N4OS. The Labute approximate surface area is 172 Å². The lowest BCUT2D eigenvalue weighted by molar-refractivity contribution is -0.119. The van der Waals surface area contributed by atoms with Crippen molar-refractivity contribution in [3.63, 3.8) is 0 Å². The van der Waals surface area contributed by atoms with E-state index in [1.54, 1.807) is 12.1 Å². The summed E-state index contributed by atoms with van der Waals surface area (Å²) < 4.78 is 1.88. The van der Waals surface area contributed by atoms with E-state index in [-0.39, 0.29) is 17.7 Å². The summed E-state index contributed by atoms with van der Waals surface area (Å²) in [6.07, 6.45) is 0. The van der Waals surface area contributed by atoms with Crippen LogP contribution in [0.5, 0.6) is 0 Å². The van der Waals surface area contributed by atoms with Crippen LogP contribution in [0, 0.1) is 0 Å². The molecule has 1 N–H and O–H groups in total. The predicted octanol–water partition coefficient (Wildman–Crippen LogP) is 4.76. The average Bonchev–Trinajstić information content (AvgIpc) is 3.01. The van der Waals surface area contributed by atoms with Crippen molar-refractivity contribution in [3.05, 3.63) is 64.1 Å². The van der Waals surface area contributed by atoms with E-state index in [2.05, 4.69) is 15.5 Å². The predicted molar refractivity (Wildman–Crippen MR) is 110 cm³/mol. The van der Waals surface area contributed by atoms with E-state index in [1.807, 2.05) is 54.9 Å². The Hall–Kier alpha value is -2.02. The van der Waals surface area contributed by atoms with Gasteiger partial charge in [0.15, 0.2) is 11.0 Å². The molecule has 3 aromatic rings. The first-order valence-corrected chi connectivity index (χ1v) is 10.0. The minimum Gasteiger partial charge on any atom is -0.349 e. The van der Waals surface area contributed by atoms with Crippen molar-refractivity contribution in [2.75, 3.05) is 5.75 Å². The summed E-state index contributed by atoms with van der Waals surface area (Å²) in [5.74, 6) is 0.888. The highest BCUT2D eigenvalue weighted by atomic mass is 35.5. The first-order valence-electron chi connectivity index (χ1n) is 8.27. The van der Waals surface area contributed by atoms with Crippen LogP contribution in [0.25, 0.3) is 11.4 Å². The summed E-state index contributed by atoms with van der Waals surface area (Å²) >= 11 is 13.5. The molecule has 0 aliphatic heterocycles. The van der Waals surface area contributed by atoms with Crippen LogP contribution in [0.15, 0.2) is 53.7 Å². The molecule has 5 nitrogen and oxygen atoms in total. The zero-order valence-corrected chi connectivity index (χ0v) is 17.1. The number of nitrogens with one attached hydrogen (secondary N) is 1. The quantitative estimate of drug-likeness (QED) is 0.583. The number of benzene rings is 2. The van der Waals surface area contributed by atoms with Crippen LogP contribution in [0.2, 0.25) is 10.0 Å². The van der Waals surface area contributed by atoms with Crippen LogP contribution in [-0.2, 0) is 11.8 Å². The Bertz CT molecular complexity index is 946. The zero-order chi connectivity index (χ0) is 19.4. The molecule has 0 radical (unpaired) electrons. The molecular weight excluding hydrogens is 403 g/mol. The van der Waals surface area contributed by atoms with Crippen LogP contribution in [0.4, 0.5) is 0 Å². The number of nitrogens with zero attached hydrogens (tertiary/aromatic N) is 3. The third kappa shape index (κ3) is 4.83. The van der Waals surface area contributed by atoms with Gasteiger partial charge in [-0.1, -0.05) is 71.4 Å². The fraction of sp³-hybridized carbons (Fsp3) is 0.211. The van der Waals surface area contributed by atoms with Gasteiger partial charge in [-0.25, -0.2) is 0 Å². The molecule has 1 aromatic heterocycles. The molecule has 2 aromatic carbocycles. The van der Waals surface area contributed by atoms with Crippen LogP contribution in [0.3, 0.4) is 0 Å². The summed E-state index contributed by atoms with van der Waals surface area (Å²) in [5.41, 5.74) is 1.80. The van der Waals surface area contributed by atoms with Crippen LogP contribution in [-0.4, -0.2) is 26.4 Å². The summed E-state index contributed by atoms with van der Waals surface area (Å²) in [4.78, 5) is 12.3. The minimum absolute atomic E-state index is 0.109. The molecule has 1 atom stereocenters. The van der Waals surface area contributed by atoms with Crippen LogP contribution in [0.1, 0.15) is 18.5 Å². The monoisotopic (exact) mass is 420 g/mol.